The largest absolute Gasteiger partial charge is 0.299 e. The van der Waals surface area contributed by atoms with E-state index in [2.05, 4.69) is 0 Å². The number of carbonyl (C=O) groups is 1. The Hall–Kier alpha value is -0.890. The van der Waals surface area contributed by atoms with Crippen molar-refractivity contribution < 1.29 is 9.18 Å². The number of hydrogen-bond donors (Lipinski definition) is 0. The Morgan fingerprint density at radius 3 is 2.65 bits per heavy atom. The smallest absolute Gasteiger partial charge is 0.141 e. The van der Waals surface area contributed by atoms with E-state index in [1.54, 1.807) is 12.1 Å². The van der Waals surface area contributed by atoms with Crippen molar-refractivity contribution >= 4 is 17.4 Å². The molecule has 1 saturated carbocycles. The van der Waals surface area contributed by atoms with Crippen LogP contribution in [0.3, 0.4) is 0 Å². The van der Waals surface area contributed by atoms with Crippen LogP contribution in [-0.2, 0) is 11.2 Å². The first-order valence-corrected chi connectivity index (χ1v) is 6.51. The lowest BCUT2D eigenvalue weighted by molar-refractivity contribution is -0.123. The average Bonchev–Trinajstić information content (AvgIpc) is 2.35. The van der Waals surface area contributed by atoms with Gasteiger partial charge in [-0.15, -0.1) is 0 Å². The summed E-state index contributed by atoms with van der Waals surface area (Å²) in [4.78, 5) is 12.0. The molecule has 0 heterocycles. The van der Waals surface area contributed by atoms with E-state index in [4.69, 9.17) is 11.6 Å². The lowest BCUT2D eigenvalue weighted by atomic mass is 9.84. The summed E-state index contributed by atoms with van der Waals surface area (Å²) in [6.07, 6.45) is 5.94. The van der Waals surface area contributed by atoms with Crippen LogP contribution in [0.15, 0.2) is 18.2 Å². The van der Waals surface area contributed by atoms with Gasteiger partial charge in [0.2, 0.25) is 0 Å². The molecule has 1 aliphatic rings. The molecular weight excluding hydrogens is 239 g/mol. The van der Waals surface area contributed by atoms with Crippen LogP contribution >= 0.6 is 11.6 Å². The van der Waals surface area contributed by atoms with E-state index >= 15 is 0 Å². The fraction of sp³-hybridized carbons (Fsp3) is 0.500. The SMILES string of the molecule is O=C(Cc1ccc(F)c(Cl)c1)C1CCCCC1. The molecule has 1 aliphatic carbocycles. The minimum Gasteiger partial charge on any atom is -0.299 e. The van der Waals surface area contributed by atoms with Crippen molar-refractivity contribution in [2.45, 2.75) is 38.5 Å². The van der Waals surface area contributed by atoms with Crippen LogP contribution in [0.5, 0.6) is 0 Å². The van der Waals surface area contributed by atoms with Crippen LogP contribution in [-0.4, -0.2) is 5.78 Å². The average molecular weight is 255 g/mol. The molecule has 0 aromatic heterocycles. The molecule has 0 N–H and O–H groups in total. The van der Waals surface area contributed by atoms with Gasteiger partial charge < -0.3 is 0 Å². The molecule has 92 valence electrons. The molecule has 0 unspecified atom stereocenters. The molecule has 1 nitrogen and oxygen atoms in total. The van der Waals surface area contributed by atoms with E-state index in [0.29, 0.717) is 6.42 Å². The van der Waals surface area contributed by atoms with Gasteiger partial charge in [0.05, 0.1) is 5.02 Å². The van der Waals surface area contributed by atoms with Crippen LogP contribution in [0, 0.1) is 11.7 Å². The van der Waals surface area contributed by atoms with Gasteiger partial charge in [-0.3, -0.25) is 4.79 Å². The maximum absolute atomic E-state index is 13.0. The van der Waals surface area contributed by atoms with Crippen molar-refractivity contribution in [2.24, 2.45) is 5.92 Å². The third-order valence-electron chi connectivity index (χ3n) is 3.42. The Bertz CT molecular complexity index is 411. The lowest BCUT2D eigenvalue weighted by Gasteiger charge is -2.20. The van der Waals surface area contributed by atoms with Crippen LogP contribution in [0.25, 0.3) is 0 Å². The Kier molecular flexibility index (Phi) is 4.16. The van der Waals surface area contributed by atoms with Crippen LogP contribution in [0.2, 0.25) is 5.02 Å². The third kappa shape index (κ3) is 3.29. The van der Waals surface area contributed by atoms with Crippen molar-refractivity contribution in [3.05, 3.63) is 34.6 Å². The zero-order valence-electron chi connectivity index (χ0n) is 9.72. The summed E-state index contributed by atoms with van der Waals surface area (Å²) in [6.45, 7) is 0. The summed E-state index contributed by atoms with van der Waals surface area (Å²) in [6, 6.07) is 4.52. The standard InChI is InChI=1S/C14H16ClFO/c15-12-8-10(6-7-13(12)16)9-14(17)11-4-2-1-3-5-11/h6-8,11H,1-5,9H2. The van der Waals surface area contributed by atoms with Crippen molar-refractivity contribution in [1.82, 2.24) is 0 Å². The fourth-order valence-corrected chi connectivity index (χ4v) is 2.62. The maximum Gasteiger partial charge on any atom is 0.141 e. The quantitative estimate of drug-likeness (QED) is 0.791. The monoisotopic (exact) mass is 254 g/mol. The van der Waals surface area contributed by atoms with E-state index in [1.165, 1.54) is 12.5 Å². The normalized spacial score (nSPS) is 17.1. The van der Waals surface area contributed by atoms with Gasteiger partial charge >= 0.3 is 0 Å². The molecule has 0 atom stereocenters. The van der Waals surface area contributed by atoms with Gasteiger partial charge in [0, 0.05) is 12.3 Å². The van der Waals surface area contributed by atoms with E-state index < -0.39 is 5.82 Å². The number of rotatable bonds is 3. The van der Waals surface area contributed by atoms with Crippen molar-refractivity contribution in [3.63, 3.8) is 0 Å². The summed E-state index contributed by atoms with van der Waals surface area (Å²) in [5.74, 6) is 0.0421. The highest BCUT2D eigenvalue weighted by Crippen LogP contribution is 2.26. The Balaban J connectivity index is 1.99. The second kappa shape index (κ2) is 5.63. The van der Waals surface area contributed by atoms with Gasteiger partial charge in [-0.1, -0.05) is 36.9 Å². The van der Waals surface area contributed by atoms with Gasteiger partial charge in [0.1, 0.15) is 11.6 Å². The number of ketones is 1. The Morgan fingerprint density at radius 2 is 2.00 bits per heavy atom. The molecule has 0 amide bonds. The minimum absolute atomic E-state index is 0.0962. The van der Waals surface area contributed by atoms with Gasteiger partial charge in [-0.05, 0) is 30.5 Å². The summed E-state index contributed by atoms with van der Waals surface area (Å²) in [5, 5.41) is 0.0962. The summed E-state index contributed by atoms with van der Waals surface area (Å²) in [5.41, 5.74) is 0.812. The Morgan fingerprint density at radius 1 is 1.29 bits per heavy atom. The number of halogens is 2. The van der Waals surface area contributed by atoms with Crippen LogP contribution in [0.4, 0.5) is 4.39 Å². The first-order chi connectivity index (χ1) is 8.16. The molecule has 0 radical (unpaired) electrons. The summed E-state index contributed by atoms with van der Waals surface area (Å²) < 4.78 is 13.0. The molecule has 0 bridgehead atoms. The fourth-order valence-electron chi connectivity index (χ4n) is 2.42. The maximum atomic E-state index is 13.0. The van der Waals surface area contributed by atoms with Crippen molar-refractivity contribution in [3.8, 4) is 0 Å². The molecule has 0 spiro atoms. The molecule has 1 aromatic carbocycles. The molecule has 17 heavy (non-hydrogen) atoms. The molecule has 2 rings (SSSR count). The second-order valence-electron chi connectivity index (χ2n) is 4.73. The second-order valence-corrected chi connectivity index (χ2v) is 5.13. The molecule has 0 saturated heterocycles. The van der Waals surface area contributed by atoms with Crippen molar-refractivity contribution in [1.29, 1.82) is 0 Å². The van der Waals surface area contributed by atoms with Gasteiger partial charge in [0.15, 0.2) is 0 Å². The first kappa shape index (κ1) is 12.6. The highest BCUT2D eigenvalue weighted by Gasteiger charge is 2.21. The van der Waals surface area contributed by atoms with E-state index in [1.807, 2.05) is 0 Å². The molecule has 0 aliphatic heterocycles. The predicted molar refractivity (Wildman–Crippen MR) is 66.7 cm³/mol. The molecule has 3 heteroatoms. The van der Waals surface area contributed by atoms with E-state index in [-0.39, 0.29) is 16.7 Å². The summed E-state index contributed by atoms with van der Waals surface area (Å²) in [7, 11) is 0. The van der Waals surface area contributed by atoms with Gasteiger partial charge in [-0.2, -0.15) is 0 Å². The minimum atomic E-state index is -0.430. The van der Waals surface area contributed by atoms with Gasteiger partial charge in [0.25, 0.3) is 0 Å². The van der Waals surface area contributed by atoms with Crippen LogP contribution in [0.1, 0.15) is 37.7 Å². The summed E-state index contributed by atoms with van der Waals surface area (Å²) >= 11 is 5.70. The van der Waals surface area contributed by atoms with E-state index in [9.17, 15) is 9.18 Å². The zero-order valence-corrected chi connectivity index (χ0v) is 10.5. The molecule has 1 aromatic rings. The molecule has 1 fully saturated rings. The number of carbonyl (C=O) groups excluding carboxylic acids is 1. The highest BCUT2D eigenvalue weighted by atomic mass is 35.5. The lowest BCUT2D eigenvalue weighted by Crippen LogP contribution is -2.19. The van der Waals surface area contributed by atoms with Crippen molar-refractivity contribution in [2.75, 3.05) is 0 Å². The third-order valence-corrected chi connectivity index (χ3v) is 3.71. The Labute approximate surface area is 106 Å². The zero-order chi connectivity index (χ0) is 12.3. The van der Waals surface area contributed by atoms with Gasteiger partial charge in [-0.25, -0.2) is 4.39 Å². The highest BCUT2D eigenvalue weighted by molar-refractivity contribution is 6.30. The topological polar surface area (TPSA) is 17.1 Å². The van der Waals surface area contributed by atoms with Crippen LogP contribution < -0.4 is 0 Å². The number of hydrogen-bond acceptors (Lipinski definition) is 1. The number of Topliss-reactive ketones (excluding diaryl/α,β-unsaturated/α-hetero) is 1. The molecular formula is C14H16ClFO. The van der Waals surface area contributed by atoms with E-state index in [0.717, 1.165) is 31.2 Å². The first-order valence-electron chi connectivity index (χ1n) is 6.13. The predicted octanol–water partition coefficient (Wildman–Crippen LogP) is 4.17. The number of benzene rings is 1.